The van der Waals surface area contributed by atoms with Crippen molar-refractivity contribution >= 4 is 5.91 Å². The first-order chi connectivity index (χ1) is 8.22. The van der Waals surface area contributed by atoms with Gasteiger partial charge in [-0.2, -0.15) is 0 Å². The number of amides is 1. The van der Waals surface area contributed by atoms with Gasteiger partial charge in [0.1, 0.15) is 0 Å². The van der Waals surface area contributed by atoms with Crippen molar-refractivity contribution in [3.05, 3.63) is 35.4 Å². The van der Waals surface area contributed by atoms with Gasteiger partial charge in [0, 0.05) is 14.4 Å². The molecule has 2 nitrogen and oxygen atoms in total. The molecule has 0 heterocycles. The second-order valence-electron chi connectivity index (χ2n) is 3.12. The molecule has 1 rings (SSSR count). The molecule has 1 amide bonds. The summed E-state index contributed by atoms with van der Waals surface area (Å²) in [4.78, 5) is 10.9. The van der Waals surface area contributed by atoms with Crippen LogP contribution in [0.3, 0.4) is 0 Å². The number of hydrogen-bond acceptors (Lipinski definition) is 1. The lowest BCUT2D eigenvalue weighted by molar-refractivity contribution is -0.120. The molecule has 1 N–H and O–H groups in total. The van der Waals surface area contributed by atoms with Crippen LogP contribution in [0.25, 0.3) is 0 Å². The summed E-state index contributed by atoms with van der Waals surface area (Å²) in [5, 5.41) is 2.83. The molecule has 0 bridgehead atoms. The van der Waals surface area contributed by atoms with Crippen LogP contribution in [0.15, 0.2) is 24.3 Å². The van der Waals surface area contributed by atoms with E-state index in [4.69, 9.17) is 0 Å². The SMILES string of the molecule is CC.CC.CCC(=O)NCc1ccc(C)cc1.[HH]. The summed E-state index contributed by atoms with van der Waals surface area (Å²) in [6.45, 7) is 12.5. The number of carbonyl (C=O) groups excluding carboxylic acids is 1. The van der Waals surface area contributed by atoms with E-state index in [0.29, 0.717) is 13.0 Å². The van der Waals surface area contributed by atoms with Crippen LogP contribution in [0.2, 0.25) is 0 Å². The van der Waals surface area contributed by atoms with Crippen LogP contribution in [-0.4, -0.2) is 5.91 Å². The number of aryl methyl sites for hydroxylation is 1. The third kappa shape index (κ3) is 9.61. The number of nitrogens with one attached hydrogen (secondary N) is 1. The Kier molecular flexibility index (Phi) is 13.6. The number of carbonyl (C=O) groups is 1. The predicted molar refractivity (Wildman–Crippen MR) is 78.1 cm³/mol. The first-order valence-corrected chi connectivity index (χ1v) is 6.54. The third-order valence-corrected chi connectivity index (χ3v) is 1.93. The maximum absolute atomic E-state index is 10.9. The second-order valence-corrected chi connectivity index (χ2v) is 3.12. The molecule has 0 aliphatic heterocycles. The van der Waals surface area contributed by atoms with Crippen molar-refractivity contribution in [3.63, 3.8) is 0 Å². The van der Waals surface area contributed by atoms with Gasteiger partial charge < -0.3 is 5.32 Å². The van der Waals surface area contributed by atoms with Crippen LogP contribution in [0.4, 0.5) is 0 Å². The highest BCUT2D eigenvalue weighted by Gasteiger charge is 1.96. The number of rotatable bonds is 3. The molecule has 0 spiro atoms. The maximum atomic E-state index is 10.9. The van der Waals surface area contributed by atoms with Gasteiger partial charge in [0.05, 0.1) is 0 Å². The first-order valence-electron chi connectivity index (χ1n) is 6.54. The summed E-state index contributed by atoms with van der Waals surface area (Å²) in [5.74, 6) is 0.0978. The van der Waals surface area contributed by atoms with Crippen LogP contribution in [0.5, 0.6) is 0 Å². The molecule has 0 saturated heterocycles. The van der Waals surface area contributed by atoms with Gasteiger partial charge in [-0.3, -0.25) is 4.79 Å². The van der Waals surface area contributed by atoms with E-state index in [2.05, 4.69) is 12.2 Å². The highest BCUT2D eigenvalue weighted by atomic mass is 16.1. The van der Waals surface area contributed by atoms with Gasteiger partial charge in [-0.1, -0.05) is 64.4 Å². The summed E-state index contributed by atoms with van der Waals surface area (Å²) >= 11 is 0. The fourth-order valence-corrected chi connectivity index (χ4v) is 1.03. The number of benzene rings is 1. The average molecular weight is 239 g/mol. The number of hydrogen-bond donors (Lipinski definition) is 1. The highest BCUT2D eigenvalue weighted by molar-refractivity contribution is 5.75. The van der Waals surface area contributed by atoms with Crippen molar-refractivity contribution in [2.24, 2.45) is 0 Å². The van der Waals surface area contributed by atoms with Crippen molar-refractivity contribution in [1.29, 1.82) is 0 Å². The minimum atomic E-state index is 0. The average Bonchev–Trinajstić information content (AvgIpc) is 2.42. The third-order valence-electron chi connectivity index (χ3n) is 1.93. The summed E-state index contributed by atoms with van der Waals surface area (Å²) in [5.41, 5.74) is 2.39. The van der Waals surface area contributed by atoms with E-state index in [-0.39, 0.29) is 7.33 Å². The molecule has 17 heavy (non-hydrogen) atoms. The Hall–Kier alpha value is -1.31. The normalized spacial score (nSPS) is 8.12. The molecule has 0 fully saturated rings. The lowest BCUT2D eigenvalue weighted by Crippen LogP contribution is -2.21. The van der Waals surface area contributed by atoms with Crippen LogP contribution in [-0.2, 0) is 11.3 Å². The van der Waals surface area contributed by atoms with Crippen molar-refractivity contribution in [2.45, 2.75) is 54.5 Å². The van der Waals surface area contributed by atoms with E-state index in [1.165, 1.54) is 5.56 Å². The van der Waals surface area contributed by atoms with Gasteiger partial charge in [0.2, 0.25) is 5.91 Å². The van der Waals surface area contributed by atoms with Crippen molar-refractivity contribution in [3.8, 4) is 0 Å². The summed E-state index contributed by atoms with van der Waals surface area (Å²) in [6, 6.07) is 8.16. The van der Waals surface area contributed by atoms with Gasteiger partial charge in [-0.05, 0) is 12.5 Å². The maximum Gasteiger partial charge on any atom is 0.219 e. The second kappa shape index (κ2) is 12.8. The van der Waals surface area contributed by atoms with Crippen molar-refractivity contribution in [2.75, 3.05) is 0 Å². The van der Waals surface area contributed by atoms with E-state index in [1.54, 1.807) is 0 Å². The Balaban J connectivity index is -0.000000409. The van der Waals surface area contributed by atoms with Crippen LogP contribution < -0.4 is 5.32 Å². The molecular formula is C15H29NO. The predicted octanol–water partition coefficient (Wildman–Crippen LogP) is 4.32. The van der Waals surface area contributed by atoms with Gasteiger partial charge in [-0.25, -0.2) is 0 Å². The molecule has 100 valence electrons. The molecule has 0 aliphatic carbocycles. The topological polar surface area (TPSA) is 29.1 Å². The van der Waals surface area contributed by atoms with E-state index in [9.17, 15) is 4.79 Å². The molecule has 0 aromatic heterocycles. The zero-order chi connectivity index (χ0) is 13.7. The summed E-state index contributed by atoms with van der Waals surface area (Å²) in [7, 11) is 0. The lowest BCUT2D eigenvalue weighted by Gasteiger charge is -2.03. The lowest BCUT2D eigenvalue weighted by atomic mass is 10.1. The largest absolute Gasteiger partial charge is 0.352 e. The Morgan fingerprint density at radius 1 is 1.12 bits per heavy atom. The van der Waals surface area contributed by atoms with Gasteiger partial charge >= 0.3 is 0 Å². The van der Waals surface area contributed by atoms with E-state index >= 15 is 0 Å². The molecule has 1 aromatic carbocycles. The van der Waals surface area contributed by atoms with Gasteiger partial charge in [0.25, 0.3) is 0 Å². The smallest absolute Gasteiger partial charge is 0.219 e. The fraction of sp³-hybridized carbons (Fsp3) is 0.533. The standard InChI is InChI=1S/C11H15NO.2C2H6.H2/c1-3-11(13)12-8-10-6-4-9(2)5-7-10;2*1-2;/h4-7H,3,8H2,1-2H3,(H,12,13);2*1-2H3;1H. The van der Waals surface area contributed by atoms with Crippen LogP contribution >= 0.6 is 0 Å². The fourth-order valence-electron chi connectivity index (χ4n) is 1.03. The van der Waals surface area contributed by atoms with E-state index < -0.39 is 0 Å². The molecule has 0 atom stereocenters. The highest BCUT2D eigenvalue weighted by Crippen LogP contribution is 2.02. The van der Waals surface area contributed by atoms with Crippen LogP contribution in [0.1, 0.15) is 53.6 Å². The molecule has 0 aliphatic rings. The Morgan fingerprint density at radius 2 is 1.59 bits per heavy atom. The monoisotopic (exact) mass is 239 g/mol. The van der Waals surface area contributed by atoms with Crippen molar-refractivity contribution < 1.29 is 6.22 Å². The minimum absolute atomic E-state index is 0. The molecule has 0 radical (unpaired) electrons. The molecule has 1 aromatic rings. The van der Waals surface area contributed by atoms with E-state index in [0.717, 1.165) is 5.56 Å². The first kappa shape index (κ1) is 18.1. The van der Waals surface area contributed by atoms with Gasteiger partial charge in [-0.15, -0.1) is 0 Å². The summed E-state index contributed by atoms with van der Waals surface area (Å²) < 4.78 is 0. The van der Waals surface area contributed by atoms with Gasteiger partial charge in [0.15, 0.2) is 0 Å². The van der Waals surface area contributed by atoms with E-state index in [1.807, 2.05) is 58.9 Å². The summed E-state index contributed by atoms with van der Waals surface area (Å²) in [6.07, 6.45) is 0.547. The Labute approximate surface area is 108 Å². The Bertz CT molecular complexity index is 283. The van der Waals surface area contributed by atoms with Crippen LogP contribution in [0, 0.1) is 6.92 Å². The molecular weight excluding hydrogens is 210 g/mol. The molecule has 0 saturated carbocycles. The minimum Gasteiger partial charge on any atom is -0.352 e. The Morgan fingerprint density at radius 3 is 2.00 bits per heavy atom. The van der Waals surface area contributed by atoms with Crippen molar-refractivity contribution in [1.82, 2.24) is 5.32 Å². The zero-order valence-corrected chi connectivity index (χ0v) is 12.1. The zero-order valence-electron chi connectivity index (χ0n) is 12.1. The molecule has 0 unspecified atom stereocenters. The molecule has 2 heteroatoms. The quantitative estimate of drug-likeness (QED) is 0.836.